The minimum atomic E-state index is -0.213. The molecule has 2 aliphatic rings. The van der Waals surface area contributed by atoms with Crippen LogP contribution >= 0.6 is 11.6 Å². The van der Waals surface area contributed by atoms with Gasteiger partial charge < -0.3 is 4.90 Å². The number of likely N-dealkylation sites (tertiary alicyclic amines) is 1. The van der Waals surface area contributed by atoms with E-state index in [1.54, 1.807) is 24.3 Å². The molecule has 1 aromatic carbocycles. The molecule has 0 saturated carbocycles. The van der Waals surface area contributed by atoms with Gasteiger partial charge in [-0.05, 0) is 43.9 Å². The molecule has 2 heterocycles. The molecule has 4 nitrogen and oxygen atoms in total. The summed E-state index contributed by atoms with van der Waals surface area (Å²) >= 11 is 5.97. The molecule has 1 N–H and O–H groups in total. The lowest BCUT2D eigenvalue weighted by Gasteiger charge is -2.22. The van der Waals surface area contributed by atoms with Crippen LogP contribution in [0.25, 0.3) is 0 Å². The van der Waals surface area contributed by atoms with Gasteiger partial charge in [-0.15, -0.1) is 0 Å². The second kappa shape index (κ2) is 6.16. The van der Waals surface area contributed by atoms with Gasteiger partial charge >= 0.3 is 0 Å². The van der Waals surface area contributed by atoms with Gasteiger partial charge in [-0.25, -0.2) is 4.90 Å². The van der Waals surface area contributed by atoms with E-state index in [4.69, 9.17) is 11.6 Å². The maximum absolute atomic E-state index is 12.7. The Morgan fingerprint density at radius 2 is 1.81 bits per heavy atom. The van der Waals surface area contributed by atoms with Crippen LogP contribution in [0.2, 0.25) is 5.02 Å². The molecule has 1 atom stereocenters. The number of hydrogen-bond donors (Lipinski definition) is 1. The summed E-state index contributed by atoms with van der Waals surface area (Å²) in [6, 6.07) is 6.74. The van der Waals surface area contributed by atoms with Gasteiger partial charge in [0, 0.05) is 5.02 Å². The highest BCUT2D eigenvalue weighted by Gasteiger charge is 2.45. The van der Waals surface area contributed by atoms with E-state index in [1.165, 1.54) is 22.6 Å². The monoisotopic (exact) mass is 307 g/mol. The fourth-order valence-electron chi connectivity index (χ4n) is 3.37. The number of carbonyl (C=O) groups excluding carboxylic acids is 2. The molecular formula is C16H20ClN2O2+. The zero-order valence-corrected chi connectivity index (χ0v) is 12.7. The molecule has 2 aliphatic heterocycles. The molecule has 112 valence electrons. The SMILES string of the molecule is O=C1C[C@@H]([NH+]2CCCCCC2)C(=O)N1c1cccc(Cl)c1. The molecule has 0 radical (unpaired) electrons. The highest BCUT2D eigenvalue weighted by molar-refractivity contribution is 6.31. The van der Waals surface area contributed by atoms with Crippen molar-refractivity contribution in [2.75, 3.05) is 18.0 Å². The first-order valence-corrected chi connectivity index (χ1v) is 8.01. The average molecular weight is 308 g/mol. The normalized spacial score (nSPS) is 24.4. The summed E-state index contributed by atoms with van der Waals surface area (Å²) in [5.41, 5.74) is 0.592. The van der Waals surface area contributed by atoms with Crippen LogP contribution in [0.1, 0.15) is 32.1 Å². The first-order chi connectivity index (χ1) is 10.2. The van der Waals surface area contributed by atoms with Crippen LogP contribution in [0, 0.1) is 0 Å². The fraction of sp³-hybridized carbons (Fsp3) is 0.500. The number of anilines is 1. The largest absolute Gasteiger partial charge is 0.324 e. The van der Waals surface area contributed by atoms with Crippen LogP contribution in [0.4, 0.5) is 5.69 Å². The Morgan fingerprint density at radius 1 is 1.10 bits per heavy atom. The number of quaternary nitrogens is 1. The molecule has 2 fully saturated rings. The summed E-state index contributed by atoms with van der Waals surface area (Å²) in [4.78, 5) is 27.6. The Balaban J connectivity index is 1.81. The van der Waals surface area contributed by atoms with Crippen LogP contribution in [-0.2, 0) is 9.59 Å². The molecule has 1 aromatic rings. The second-order valence-corrected chi connectivity index (χ2v) is 6.31. The number of nitrogens with zero attached hydrogens (tertiary/aromatic N) is 1. The van der Waals surface area contributed by atoms with Gasteiger partial charge in [0.15, 0.2) is 6.04 Å². The summed E-state index contributed by atoms with van der Waals surface area (Å²) in [6.07, 6.45) is 5.07. The van der Waals surface area contributed by atoms with Crippen molar-refractivity contribution in [3.05, 3.63) is 29.3 Å². The topological polar surface area (TPSA) is 41.8 Å². The molecule has 0 aromatic heterocycles. The smallest absolute Gasteiger partial charge is 0.292 e. The van der Waals surface area contributed by atoms with Crippen LogP contribution < -0.4 is 9.80 Å². The zero-order valence-electron chi connectivity index (χ0n) is 12.0. The Bertz CT molecular complexity index is 553. The Morgan fingerprint density at radius 3 is 2.48 bits per heavy atom. The number of rotatable bonds is 2. The van der Waals surface area contributed by atoms with Crippen molar-refractivity contribution in [2.24, 2.45) is 0 Å². The average Bonchev–Trinajstić information content (AvgIpc) is 2.66. The second-order valence-electron chi connectivity index (χ2n) is 5.88. The molecule has 5 heteroatoms. The maximum Gasteiger partial charge on any atom is 0.292 e. The summed E-state index contributed by atoms with van der Waals surface area (Å²) in [5.74, 6) is -0.178. The van der Waals surface area contributed by atoms with Gasteiger partial charge in [-0.1, -0.05) is 17.7 Å². The molecule has 2 amide bonds. The minimum Gasteiger partial charge on any atom is -0.324 e. The molecule has 0 unspecified atom stereocenters. The summed E-state index contributed by atoms with van der Waals surface area (Å²) in [5, 5.41) is 0.540. The molecule has 3 rings (SSSR count). The Labute approximate surface area is 129 Å². The van der Waals surface area contributed by atoms with Crippen molar-refractivity contribution >= 4 is 29.1 Å². The van der Waals surface area contributed by atoms with Crippen LogP contribution in [0.3, 0.4) is 0 Å². The predicted molar refractivity (Wildman–Crippen MR) is 81.5 cm³/mol. The van der Waals surface area contributed by atoms with E-state index in [1.807, 2.05) is 0 Å². The lowest BCUT2D eigenvalue weighted by molar-refractivity contribution is -0.914. The van der Waals surface area contributed by atoms with Crippen molar-refractivity contribution in [1.29, 1.82) is 0 Å². The standard InChI is InChI=1S/C16H19ClN2O2/c17-12-6-5-7-13(10-12)19-15(20)11-14(16(19)21)18-8-3-1-2-4-9-18/h5-7,10,14H,1-4,8-9,11H2/p+1/t14-/m1/s1. The molecular weight excluding hydrogens is 288 g/mol. The number of amides is 2. The van der Waals surface area contributed by atoms with Crippen LogP contribution in [-0.4, -0.2) is 30.9 Å². The van der Waals surface area contributed by atoms with Gasteiger partial charge in [-0.3, -0.25) is 9.59 Å². The molecule has 0 bridgehead atoms. The minimum absolute atomic E-state index is 0.0702. The zero-order chi connectivity index (χ0) is 14.8. The van der Waals surface area contributed by atoms with E-state index >= 15 is 0 Å². The van der Waals surface area contributed by atoms with Crippen molar-refractivity contribution in [3.8, 4) is 0 Å². The Hall–Kier alpha value is -1.39. The highest BCUT2D eigenvalue weighted by Crippen LogP contribution is 2.24. The van der Waals surface area contributed by atoms with Gasteiger partial charge in [0.2, 0.25) is 5.91 Å². The number of nitrogens with one attached hydrogen (secondary N) is 1. The third-order valence-corrected chi connectivity index (χ3v) is 4.69. The molecule has 2 saturated heterocycles. The highest BCUT2D eigenvalue weighted by atomic mass is 35.5. The third kappa shape index (κ3) is 2.97. The molecule has 0 aliphatic carbocycles. The number of benzene rings is 1. The van der Waals surface area contributed by atoms with Gasteiger partial charge in [0.05, 0.1) is 25.2 Å². The van der Waals surface area contributed by atoms with E-state index in [0.29, 0.717) is 17.1 Å². The fourth-order valence-corrected chi connectivity index (χ4v) is 3.55. The predicted octanol–water partition coefficient (Wildman–Crippen LogP) is 1.43. The van der Waals surface area contributed by atoms with Gasteiger partial charge in [0.1, 0.15) is 0 Å². The molecule has 21 heavy (non-hydrogen) atoms. The quantitative estimate of drug-likeness (QED) is 0.840. The van der Waals surface area contributed by atoms with Crippen molar-refractivity contribution in [3.63, 3.8) is 0 Å². The van der Waals surface area contributed by atoms with Crippen molar-refractivity contribution in [1.82, 2.24) is 0 Å². The summed E-state index contributed by atoms with van der Waals surface area (Å²) in [6.45, 7) is 1.99. The number of halogens is 1. The lowest BCUT2D eigenvalue weighted by Crippen LogP contribution is -3.16. The van der Waals surface area contributed by atoms with E-state index in [0.717, 1.165) is 25.9 Å². The lowest BCUT2D eigenvalue weighted by atomic mass is 10.2. The maximum atomic E-state index is 12.7. The first-order valence-electron chi connectivity index (χ1n) is 7.64. The number of carbonyl (C=O) groups is 2. The first kappa shape index (κ1) is 14.5. The van der Waals surface area contributed by atoms with E-state index in [2.05, 4.69) is 0 Å². The summed E-state index contributed by atoms with van der Waals surface area (Å²) < 4.78 is 0. The van der Waals surface area contributed by atoms with Crippen LogP contribution in [0.15, 0.2) is 24.3 Å². The van der Waals surface area contributed by atoms with Crippen molar-refractivity contribution in [2.45, 2.75) is 38.1 Å². The van der Waals surface area contributed by atoms with Crippen molar-refractivity contribution < 1.29 is 14.5 Å². The molecule has 0 spiro atoms. The van der Waals surface area contributed by atoms with Gasteiger partial charge in [-0.2, -0.15) is 0 Å². The van der Waals surface area contributed by atoms with Crippen LogP contribution in [0.5, 0.6) is 0 Å². The van der Waals surface area contributed by atoms with E-state index < -0.39 is 0 Å². The van der Waals surface area contributed by atoms with Gasteiger partial charge in [0.25, 0.3) is 5.91 Å². The van der Waals surface area contributed by atoms with E-state index in [9.17, 15) is 9.59 Å². The third-order valence-electron chi connectivity index (χ3n) is 4.45. The number of imide groups is 1. The Kier molecular flexibility index (Phi) is 4.27. The number of hydrogen-bond acceptors (Lipinski definition) is 2. The summed E-state index contributed by atoms with van der Waals surface area (Å²) in [7, 11) is 0. The van der Waals surface area contributed by atoms with E-state index in [-0.39, 0.29) is 17.9 Å².